The van der Waals surface area contributed by atoms with E-state index in [1.807, 2.05) is 31.2 Å². The SMILES string of the molecule is CC(CC(=O)O)Cc1nc2ccccc2[nH]1. The summed E-state index contributed by atoms with van der Waals surface area (Å²) in [6.07, 6.45) is 0.845. The van der Waals surface area contributed by atoms with Crippen molar-refractivity contribution in [2.24, 2.45) is 5.92 Å². The summed E-state index contributed by atoms with van der Waals surface area (Å²) in [5.41, 5.74) is 1.93. The maximum Gasteiger partial charge on any atom is 0.303 e. The van der Waals surface area contributed by atoms with Crippen molar-refractivity contribution in [1.82, 2.24) is 9.97 Å². The molecule has 4 heteroatoms. The third kappa shape index (κ3) is 2.39. The molecule has 2 rings (SSSR count). The van der Waals surface area contributed by atoms with Crippen molar-refractivity contribution in [3.8, 4) is 0 Å². The fraction of sp³-hybridized carbons (Fsp3) is 0.333. The second kappa shape index (κ2) is 4.35. The van der Waals surface area contributed by atoms with E-state index in [0.29, 0.717) is 6.42 Å². The van der Waals surface area contributed by atoms with E-state index < -0.39 is 5.97 Å². The number of hydrogen-bond donors (Lipinski definition) is 2. The van der Waals surface area contributed by atoms with Gasteiger partial charge in [-0.05, 0) is 18.1 Å². The zero-order valence-corrected chi connectivity index (χ0v) is 9.10. The maximum atomic E-state index is 10.5. The third-order valence-electron chi connectivity index (χ3n) is 2.50. The minimum absolute atomic E-state index is 0.0954. The first-order valence-electron chi connectivity index (χ1n) is 5.30. The van der Waals surface area contributed by atoms with E-state index in [4.69, 9.17) is 5.11 Å². The molecule has 0 saturated heterocycles. The molecule has 0 spiro atoms. The molecule has 2 aromatic rings. The number of nitrogens with zero attached hydrogens (tertiary/aromatic N) is 1. The summed E-state index contributed by atoms with van der Waals surface area (Å²) in [6.45, 7) is 1.92. The Morgan fingerprint density at radius 3 is 2.94 bits per heavy atom. The Morgan fingerprint density at radius 2 is 2.25 bits per heavy atom. The third-order valence-corrected chi connectivity index (χ3v) is 2.50. The fourth-order valence-corrected chi connectivity index (χ4v) is 1.80. The van der Waals surface area contributed by atoms with Crippen molar-refractivity contribution in [2.45, 2.75) is 19.8 Å². The van der Waals surface area contributed by atoms with Crippen molar-refractivity contribution < 1.29 is 9.90 Å². The lowest BCUT2D eigenvalue weighted by molar-refractivity contribution is -0.137. The van der Waals surface area contributed by atoms with Gasteiger partial charge in [-0.2, -0.15) is 0 Å². The number of hydrogen-bond acceptors (Lipinski definition) is 2. The van der Waals surface area contributed by atoms with Crippen LogP contribution in [0.1, 0.15) is 19.2 Å². The molecular weight excluding hydrogens is 204 g/mol. The van der Waals surface area contributed by atoms with E-state index in [2.05, 4.69) is 9.97 Å². The molecule has 0 bridgehead atoms. The highest BCUT2D eigenvalue weighted by Gasteiger charge is 2.11. The molecule has 0 aliphatic heterocycles. The van der Waals surface area contributed by atoms with Gasteiger partial charge in [0.2, 0.25) is 0 Å². The summed E-state index contributed by atoms with van der Waals surface area (Å²) in [4.78, 5) is 18.1. The highest BCUT2D eigenvalue weighted by molar-refractivity contribution is 5.74. The largest absolute Gasteiger partial charge is 0.481 e. The molecule has 1 atom stereocenters. The van der Waals surface area contributed by atoms with Gasteiger partial charge in [-0.25, -0.2) is 4.98 Å². The average Bonchev–Trinajstić information content (AvgIpc) is 2.57. The van der Waals surface area contributed by atoms with Crippen LogP contribution in [-0.4, -0.2) is 21.0 Å². The Kier molecular flexibility index (Phi) is 2.90. The molecular formula is C12H14N2O2. The molecule has 0 radical (unpaired) electrons. The number of rotatable bonds is 4. The van der Waals surface area contributed by atoms with Crippen molar-refractivity contribution in [3.63, 3.8) is 0 Å². The number of fused-ring (bicyclic) bond motifs is 1. The van der Waals surface area contributed by atoms with Crippen LogP contribution < -0.4 is 0 Å². The van der Waals surface area contributed by atoms with Gasteiger partial charge in [0.25, 0.3) is 0 Å². The van der Waals surface area contributed by atoms with Crippen molar-refractivity contribution in [2.75, 3.05) is 0 Å². The zero-order chi connectivity index (χ0) is 11.5. The number of aromatic nitrogens is 2. The van der Waals surface area contributed by atoms with Crippen LogP contribution in [-0.2, 0) is 11.2 Å². The van der Waals surface area contributed by atoms with Gasteiger partial charge in [0.05, 0.1) is 11.0 Å². The first kappa shape index (κ1) is 10.7. The first-order chi connectivity index (χ1) is 7.65. The van der Waals surface area contributed by atoms with Gasteiger partial charge in [0, 0.05) is 12.8 Å². The van der Waals surface area contributed by atoms with E-state index in [1.54, 1.807) is 0 Å². The van der Waals surface area contributed by atoms with Gasteiger partial charge in [0.1, 0.15) is 5.82 Å². The lowest BCUT2D eigenvalue weighted by Gasteiger charge is -2.04. The number of carbonyl (C=O) groups is 1. The van der Waals surface area contributed by atoms with E-state index in [-0.39, 0.29) is 12.3 Å². The summed E-state index contributed by atoms with van der Waals surface area (Å²) in [6, 6.07) is 7.80. The molecule has 84 valence electrons. The van der Waals surface area contributed by atoms with E-state index in [1.165, 1.54) is 0 Å². The molecule has 16 heavy (non-hydrogen) atoms. The van der Waals surface area contributed by atoms with Crippen molar-refractivity contribution >= 4 is 17.0 Å². The predicted octanol–water partition coefficient (Wildman–Crippen LogP) is 2.22. The van der Waals surface area contributed by atoms with E-state index in [9.17, 15) is 4.79 Å². The van der Waals surface area contributed by atoms with Crippen LogP contribution in [0.5, 0.6) is 0 Å². The minimum atomic E-state index is -0.761. The van der Waals surface area contributed by atoms with Gasteiger partial charge in [-0.1, -0.05) is 19.1 Å². The Balaban J connectivity index is 2.12. The Labute approximate surface area is 93.3 Å². The second-order valence-corrected chi connectivity index (χ2v) is 4.11. The van der Waals surface area contributed by atoms with Crippen LogP contribution >= 0.6 is 0 Å². The summed E-state index contributed by atoms with van der Waals surface area (Å²) in [5, 5.41) is 8.67. The Bertz CT molecular complexity index is 471. The number of benzene rings is 1. The molecule has 1 unspecified atom stereocenters. The zero-order valence-electron chi connectivity index (χ0n) is 9.10. The van der Waals surface area contributed by atoms with Crippen LogP contribution in [0.4, 0.5) is 0 Å². The smallest absolute Gasteiger partial charge is 0.303 e. The molecule has 2 N–H and O–H groups in total. The lowest BCUT2D eigenvalue weighted by atomic mass is 10.0. The second-order valence-electron chi connectivity index (χ2n) is 4.11. The number of carboxylic acid groups (broad SMARTS) is 1. The fourth-order valence-electron chi connectivity index (χ4n) is 1.80. The minimum Gasteiger partial charge on any atom is -0.481 e. The maximum absolute atomic E-state index is 10.5. The van der Waals surface area contributed by atoms with Crippen LogP contribution in [0.2, 0.25) is 0 Å². The number of H-pyrrole nitrogens is 1. The Morgan fingerprint density at radius 1 is 1.50 bits per heavy atom. The normalized spacial score (nSPS) is 12.8. The topological polar surface area (TPSA) is 66.0 Å². The first-order valence-corrected chi connectivity index (χ1v) is 5.30. The van der Waals surface area contributed by atoms with E-state index in [0.717, 1.165) is 16.9 Å². The number of para-hydroxylation sites is 2. The molecule has 1 aromatic heterocycles. The number of imidazole rings is 1. The van der Waals surface area contributed by atoms with Gasteiger partial charge < -0.3 is 10.1 Å². The summed E-state index contributed by atoms with van der Waals surface area (Å²) < 4.78 is 0. The monoisotopic (exact) mass is 218 g/mol. The summed E-state index contributed by atoms with van der Waals surface area (Å²) in [5.74, 6) is 0.191. The predicted molar refractivity (Wildman–Crippen MR) is 61.2 cm³/mol. The van der Waals surface area contributed by atoms with Gasteiger partial charge in [0.15, 0.2) is 0 Å². The Hall–Kier alpha value is -1.84. The summed E-state index contributed by atoms with van der Waals surface area (Å²) in [7, 11) is 0. The quantitative estimate of drug-likeness (QED) is 0.826. The molecule has 0 amide bonds. The number of nitrogens with one attached hydrogen (secondary N) is 1. The summed E-state index contributed by atoms with van der Waals surface area (Å²) >= 11 is 0. The lowest BCUT2D eigenvalue weighted by Crippen LogP contribution is -2.07. The van der Waals surface area contributed by atoms with Crippen molar-refractivity contribution in [1.29, 1.82) is 0 Å². The van der Waals surface area contributed by atoms with Gasteiger partial charge >= 0.3 is 5.97 Å². The number of carboxylic acids is 1. The molecule has 1 heterocycles. The van der Waals surface area contributed by atoms with Gasteiger partial charge in [-0.15, -0.1) is 0 Å². The van der Waals surface area contributed by atoms with Crippen LogP contribution in [0, 0.1) is 5.92 Å². The molecule has 0 aliphatic rings. The van der Waals surface area contributed by atoms with Crippen molar-refractivity contribution in [3.05, 3.63) is 30.1 Å². The number of aliphatic carboxylic acids is 1. The highest BCUT2D eigenvalue weighted by Crippen LogP contribution is 2.14. The molecule has 4 nitrogen and oxygen atoms in total. The number of aromatic amines is 1. The van der Waals surface area contributed by atoms with Crippen LogP contribution in [0.25, 0.3) is 11.0 Å². The molecule has 0 aliphatic carbocycles. The van der Waals surface area contributed by atoms with Crippen LogP contribution in [0.3, 0.4) is 0 Å². The molecule has 0 fully saturated rings. The highest BCUT2D eigenvalue weighted by atomic mass is 16.4. The van der Waals surface area contributed by atoms with Crippen LogP contribution in [0.15, 0.2) is 24.3 Å². The molecule has 0 saturated carbocycles. The molecule has 1 aromatic carbocycles. The standard InChI is InChI=1S/C12H14N2O2/c1-8(7-12(15)16)6-11-13-9-4-2-3-5-10(9)14-11/h2-5,8H,6-7H2,1H3,(H,13,14)(H,15,16). The van der Waals surface area contributed by atoms with Gasteiger partial charge in [-0.3, -0.25) is 4.79 Å². The average molecular weight is 218 g/mol. The van der Waals surface area contributed by atoms with E-state index >= 15 is 0 Å².